The van der Waals surface area contributed by atoms with Gasteiger partial charge in [-0.2, -0.15) is 4.37 Å². The van der Waals surface area contributed by atoms with Crippen molar-refractivity contribution >= 4 is 46.6 Å². The second kappa shape index (κ2) is 10.4. The van der Waals surface area contributed by atoms with E-state index in [4.69, 9.17) is 20.9 Å². The minimum absolute atomic E-state index is 0.0597. The summed E-state index contributed by atoms with van der Waals surface area (Å²) >= 11 is 0.692. The molecule has 1 aromatic heterocycles. The smallest absolute Gasteiger partial charge is 0.325 e. The van der Waals surface area contributed by atoms with Crippen LogP contribution in [0.5, 0.6) is 5.75 Å². The fourth-order valence-corrected chi connectivity index (χ4v) is 3.37. The van der Waals surface area contributed by atoms with E-state index < -0.39 is 30.2 Å². The van der Waals surface area contributed by atoms with Crippen LogP contribution in [-0.2, 0) is 14.3 Å². The molecule has 1 aromatic carbocycles. The normalized spacial score (nSPS) is 10.3. The molecule has 12 heteroatoms. The quantitative estimate of drug-likeness (QED) is 0.464. The SMILES string of the molecule is CCOC(=O)CNC(=O)CN(C(=O)c1snc(C(N)=O)c1N)c1cc(C)ccc1OC. The van der Waals surface area contributed by atoms with Crippen molar-refractivity contribution in [3.8, 4) is 5.75 Å². The van der Waals surface area contributed by atoms with Crippen LogP contribution in [-0.4, -0.2) is 54.9 Å². The highest BCUT2D eigenvalue weighted by Crippen LogP contribution is 2.32. The Morgan fingerprint density at radius 1 is 1.26 bits per heavy atom. The number of nitrogens with zero attached hydrogens (tertiary/aromatic N) is 2. The summed E-state index contributed by atoms with van der Waals surface area (Å²) < 4.78 is 13.9. The average molecular weight is 449 g/mol. The number of nitrogens with two attached hydrogens (primary N) is 2. The van der Waals surface area contributed by atoms with Crippen molar-refractivity contribution in [2.75, 3.05) is 37.4 Å². The number of primary amides is 1. The molecule has 3 amide bonds. The van der Waals surface area contributed by atoms with Crippen LogP contribution in [0.4, 0.5) is 11.4 Å². The zero-order valence-electron chi connectivity index (χ0n) is 17.3. The molecule has 11 nitrogen and oxygen atoms in total. The van der Waals surface area contributed by atoms with E-state index in [0.717, 1.165) is 10.5 Å². The van der Waals surface area contributed by atoms with Crippen LogP contribution in [0.25, 0.3) is 0 Å². The van der Waals surface area contributed by atoms with Gasteiger partial charge in [0.1, 0.15) is 23.7 Å². The molecule has 166 valence electrons. The minimum Gasteiger partial charge on any atom is -0.495 e. The van der Waals surface area contributed by atoms with Gasteiger partial charge in [-0.3, -0.25) is 24.1 Å². The Balaban J connectivity index is 2.40. The summed E-state index contributed by atoms with van der Waals surface area (Å²) in [5.74, 6) is -2.46. The van der Waals surface area contributed by atoms with E-state index in [1.54, 1.807) is 32.0 Å². The molecule has 0 aliphatic rings. The topological polar surface area (TPSA) is 167 Å². The third-order valence-corrected chi connectivity index (χ3v) is 4.91. The van der Waals surface area contributed by atoms with E-state index in [1.165, 1.54) is 7.11 Å². The number of esters is 1. The summed E-state index contributed by atoms with van der Waals surface area (Å²) in [6, 6.07) is 5.08. The van der Waals surface area contributed by atoms with E-state index in [1.807, 2.05) is 0 Å². The lowest BCUT2D eigenvalue weighted by molar-refractivity contribution is -0.143. The monoisotopic (exact) mass is 449 g/mol. The zero-order chi connectivity index (χ0) is 23.1. The number of hydrogen-bond acceptors (Lipinski definition) is 9. The van der Waals surface area contributed by atoms with Crippen LogP contribution in [0.3, 0.4) is 0 Å². The first-order chi connectivity index (χ1) is 14.7. The number of amides is 3. The first-order valence-electron chi connectivity index (χ1n) is 9.13. The molecule has 0 saturated carbocycles. The first-order valence-corrected chi connectivity index (χ1v) is 9.90. The highest BCUT2D eigenvalue weighted by molar-refractivity contribution is 7.09. The maximum atomic E-state index is 13.3. The number of anilines is 2. The number of rotatable bonds is 9. The molecule has 0 spiro atoms. The van der Waals surface area contributed by atoms with E-state index >= 15 is 0 Å². The van der Waals surface area contributed by atoms with Gasteiger partial charge in [0, 0.05) is 0 Å². The lowest BCUT2D eigenvalue weighted by atomic mass is 10.1. The van der Waals surface area contributed by atoms with Crippen molar-refractivity contribution in [3.05, 3.63) is 34.3 Å². The standard InChI is InChI=1S/C19H23N5O6S/c1-4-30-14(26)8-22-13(25)9-24(11-7-10(2)5-6-12(11)29-3)19(28)17-15(20)16(18(21)27)23-31-17/h5-7H,4,8-9,20H2,1-3H3,(H2,21,27)(H,22,25). The Labute approximate surface area is 182 Å². The van der Waals surface area contributed by atoms with Gasteiger partial charge >= 0.3 is 5.97 Å². The molecule has 0 radical (unpaired) electrons. The summed E-state index contributed by atoms with van der Waals surface area (Å²) in [6.45, 7) is 2.81. The van der Waals surface area contributed by atoms with Gasteiger partial charge in [0.2, 0.25) is 5.91 Å². The number of hydrogen-bond donors (Lipinski definition) is 3. The Morgan fingerprint density at radius 3 is 2.55 bits per heavy atom. The van der Waals surface area contributed by atoms with Crippen molar-refractivity contribution in [3.63, 3.8) is 0 Å². The summed E-state index contributed by atoms with van der Waals surface area (Å²) in [6.07, 6.45) is 0. The Hall–Kier alpha value is -3.67. The average Bonchev–Trinajstić information content (AvgIpc) is 3.11. The molecule has 0 aliphatic heterocycles. The number of carbonyl (C=O) groups is 4. The Kier molecular flexibility index (Phi) is 7.91. The molecule has 2 aromatic rings. The molecular weight excluding hydrogens is 426 g/mol. The van der Waals surface area contributed by atoms with Crippen LogP contribution < -0.4 is 26.4 Å². The lowest BCUT2D eigenvalue weighted by Gasteiger charge is -2.24. The molecule has 0 unspecified atom stereocenters. The highest BCUT2D eigenvalue weighted by Gasteiger charge is 2.29. The van der Waals surface area contributed by atoms with Crippen molar-refractivity contribution < 1.29 is 28.7 Å². The van der Waals surface area contributed by atoms with Gasteiger partial charge in [-0.15, -0.1) is 0 Å². The van der Waals surface area contributed by atoms with Crippen LogP contribution in [0.2, 0.25) is 0 Å². The maximum absolute atomic E-state index is 13.3. The number of carbonyl (C=O) groups excluding carboxylic acids is 4. The van der Waals surface area contributed by atoms with Crippen LogP contribution in [0.15, 0.2) is 18.2 Å². The number of methoxy groups -OCH3 is 1. The number of aryl methyl sites for hydroxylation is 1. The van der Waals surface area contributed by atoms with E-state index in [-0.39, 0.29) is 29.4 Å². The first kappa shape index (κ1) is 23.6. The number of nitrogen functional groups attached to an aromatic ring is 1. The fraction of sp³-hybridized carbons (Fsp3) is 0.316. The molecule has 0 aliphatic carbocycles. The molecular formula is C19H23N5O6S. The van der Waals surface area contributed by atoms with Gasteiger partial charge in [0.15, 0.2) is 5.69 Å². The summed E-state index contributed by atoms with van der Waals surface area (Å²) in [4.78, 5) is 49.8. The van der Waals surface area contributed by atoms with E-state index in [0.29, 0.717) is 23.0 Å². The van der Waals surface area contributed by atoms with Gasteiger partial charge < -0.3 is 26.3 Å². The maximum Gasteiger partial charge on any atom is 0.325 e. The summed E-state index contributed by atoms with van der Waals surface area (Å²) in [5, 5.41) is 2.40. The van der Waals surface area contributed by atoms with Crippen molar-refractivity contribution in [2.45, 2.75) is 13.8 Å². The van der Waals surface area contributed by atoms with Crippen LogP contribution in [0, 0.1) is 6.92 Å². The molecule has 0 bridgehead atoms. The minimum atomic E-state index is -0.875. The van der Waals surface area contributed by atoms with Gasteiger partial charge in [0.25, 0.3) is 11.8 Å². The summed E-state index contributed by atoms with van der Waals surface area (Å²) in [7, 11) is 1.42. The third-order valence-electron chi connectivity index (χ3n) is 4.06. The second-order valence-electron chi connectivity index (χ2n) is 6.29. The molecule has 5 N–H and O–H groups in total. The molecule has 31 heavy (non-hydrogen) atoms. The highest BCUT2D eigenvalue weighted by atomic mass is 32.1. The van der Waals surface area contributed by atoms with Crippen molar-refractivity contribution in [1.29, 1.82) is 0 Å². The van der Waals surface area contributed by atoms with Gasteiger partial charge in [0.05, 0.1) is 25.1 Å². The van der Waals surface area contributed by atoms with Crippen molar-refractivity contribution in [1.82, 2.24) is 9.69 Å². The zero-order valence-corrected chi connectivity index (χ0v) is 18.1. The van der Waals surface area contributed by atoms with Crippen LogP contribution in [0.1, 0.15) is 32.6 Å². The third kappa shape index (κ3) is 5.69. The molecule has 0 saturated heterocycles. The predicted octanol–water partition coefficient (Wildman–Crippen LogP) is 0.467. The number of aromatic nitrogens is 1. The van der Waals surface area contributed by atoms with E-state index in [9.17, 15) is 19.2 Å². The molecule has 2 rings (SSSR count). The van der Waals surface area contributed by atoms with Gasteiger partial charge in [-0.1, -0.05) is 6.07 Å². The molecule has 0 atom stereocenters. The lowest BCUT2D eigenvalue weighted by Crippen LogP contribution is -2.42. The number of nitrogens with one attached hydrogen (secondary N) is 1. The second-order valence-corrected chi connectivity index (χ2v) is 7.06. The molecule has 0 fully saturated rings. The summed E-state index contributed by atoms with van der Waals surface area (Å²) in [5.41, 5.74) is 11.8. The van der Waals surface area contributed by atoms with Gasteiger partial charge in [-0.05, 0) is 43.1 Å². The van der Waals surface area contributed by atoms with E-state index in [2.05, 4.69) is 9.69 Å². The number of benzene rings is 1. The Bertz CT molecular complexity index is 1010. The van der Waals surface area contributed by atoms with Crippen molar-refractivity contribution in [2.24, 2.45) is 5.73 Å². The largest absolute Gasteiger partial charge is 0.495 e. The molecule has 1 heterocycles. The van der Waals surface area contributed by atoms with Crippen LogP contribution >= 0.6 is 11.5 Å². The fourth-order valence-electron chi connectivity index (χ4n) is 2.61. The predicted molar refractivity (Wildman–Crippen MR) is 114 cm³/mol. The Morgan fingerprint density at radius 2 is 1.97 bits per heavy atom. The number of ether oxygens (including phenoxy) is 2. The van der Waals surface area contributed by atoms with Gasteiger partial charge in [-0.25, -0.2) is 0 Å².